The third-order valence-corrected chi connectivity index (χ3v) is 8.29. The van der Waals surface area contributed by atoms with Crippen LogP contribution in [0.5, 0.6) is 11.6 Å². The molecule has 13 heteroatoms. The topological polar surface area (TPSA) is 175 Å². The molecule has 1 unspecified atom stereocenters. The van der Waals surface area contributed by atoms with Gasteiger partial charge in [-0.25, -0.2) is 0 Å². The lowest BCUT2D eigenvalue weighted by molar-refractivity contribution is -0.140. The normalized spacial score (nSPS) is 14.9. The molecule has 3 aromatic heterocycles. The number of rotatable bonds is 16. The molecule has 0 bridgehead atoms. The molecule has 0 spiro atoms. The number of likely N-dealkylation sites (tertiary alicyclic amines) is 1. The van der Waals surface area contributed by atoms with E-state index in [-0.39, 0.29) is 11.7 Å². The first-order valence-electron chi connectivity index (χ1n) is 15.8. The zero-order chi connectivity index (χ0) is 32.5. The number of anilines is 1. The smallest absolute Gasteiger partial charge is 0.314 e. The second kappa shape index (κ2) is 15.7. The van der Waals surface area contributed by atoms with E-state index >= 15 is 0 Å². The highest BCUT2D eigenvalue weighted by Gasteiger charge is 2.28. The summed E-state index contributed by atoms with van der Waals surface area (Å²) in [5, 5.41) is 36.3. The van der Waals surface area contributed by atoms with Crippen LogP contribution in [0.25, 0.3) is 22.4 Å². The first kappa shape index (κ1) is 32.9. The second-order valence-corrected chi connectivity index (χ2v) is 12.1. The number of nitrogens with two attached hydrogens (primary N) is 1. The summed E-state index contributed by atoms with van der Waals surface area (Å²) < 4.78 is 18.5. The molecule has 0 amide bonds. The number of carbonyl (C=O) groups is 1. The number of nitrogen functional groups attached to an aromatic ring is 1. The molecule has 1 atom stereocenters. The maximum atomic E-state index is 11.5. The lowest BCUT2D eigenvalue weighted by Crippen LogP contribution is -2.36. The van der Waals surface area contributed by atoms with Gasteiger partial charge in [0.15, 0.2) is 11.6 Å². The number of piperidine rings is 1. The molecule has 246 valence electrons. The number of phenols is 1. The monoisotopic (exact) mass is 633 g/mol. The molecule has 46 heavy (non-hydrogen) atoms. The minimum absolute atomic E-state index is 0.112. The molecular weight excluding hydrogens is 590 g/mol. The molecule has 0 saturated carbocycles. The van der Waals surface area contributed by atoms with Crippen molar-refractivity contribution in [1.29, 1.82) is 0 Å². The summed E-state index contributed by atoms with van der Waals surface area (Å²) in [6.45, 7) is 9.31. The van der Waals surface area contributed by atoms with Gasteiger partial charge in [-0.1, -0.05) is 26.0 Å². The van der Waals surface area contributed by atoms with Gasteiger partial charge in [0.05, 0.1) is 18.5 Å². The fourth-order valence-electron chi connectivity index (χ4n) is 5.77. The molecule has 4 heterocycles. The van der Waals surface area contributed by atoms with Crippen LogP contribution in [0.15, 0.2) is 53.3 Å². The van der Waals surface area contributed by atoms with Crippen LogP contribution in [0.3, 0.4) is 0 Å². The largest absolute Gasteiger partial charge is 0.507 e. The van der Waals surface area contributed by atoms with Crippen LogP contribution in [0.1, 0.15) is 51.2 Å². The molecule has 4 aromatic rings. The summed E-state index contributed by atoms with van der Waals surface area (Å²) in [6.07, 6.45) is 7.70. The number of ether oxygens (including phenoxy) is 2. The third kappa shape index (κ3) is 8.61. The van der Waals surface area contributed by atoms with Crippen LogP contribution >= 0.6 is 0 Å². The van der Waals surface area contributed by atoms with Crippen LogP contribution < -0.4 is 10.5 Å². The predicted molar refractivity (Wildman–Crippen MR) is 171 cm³/mol. The number of hydrogen-bond acceptors (Lipinski definition) is 11. The second-order valence-electron chi connectivity index (χ2n) is 12.1. The van der Waals surface area contributed by atoms with Crippen molar-refractivity contribution in [3.05, 3.63) is 54.6 Å². The maximum Gasteiger partial charge on any atom is 0.314 e. The Morgan fingerprint density at radius 1 is 1.09 bits per heavy atom. The molecule has 5 rings (SSSR count). The van der Waals surface area contributed by atoms with Gasteiger partial charge < -0.3 is 34.8 Å². The fourth-order valence-corrected chi connectivity index (χ4v) is 5.77. The molecule has 1 saturated heterocycles. The average Bonchev–Trinajstić information content (AvgIpc) is 3.69. The fraction of sp³-hybridized carbons (Fsp3) is 0.485. The molecule has 1 aliphatic rings. The van der Waals surface area contributed by atoms with Crippen molar-refractivity contribution in [2.24, 2.45) is 11.8 Å². The van der Waals surface area contributed by atoms with Crippen molar-refractivity contribution in [1.82, 2.24) is 30.0 Å². The van der Waals surface area contributed by atoms with Crippen molar-refractivity contribution in [3.63, 3.8) is 0 Å². The van der Waals surface area contributed by atoms with Gasteiger partial charge >= 0.3 is 5.97 Å². The minimum atomic E-state index is -0.938. The highest BCUT2D eigenvalue weighted by molar-refractivity contribution is 5.78. The molecule has 1 aromatic carbocycles. The number of phenolic OH excluding ortho intramolecular Hbond substituents is 1. The van der Waals surface area contributed by atoms with E-state index in [1.807, 2.05) is 36.9 Å². The Morgan fingerprint density at radius 2 is 1.87 bits per heavy atom. The number of nitrogens with zero attached hydrogens (tertiary/aromatic N) is 6. The molecule has 1 fully saturated rings. The van der Waals surface area contributed by atoms with Crippen molar-refractivity contribution in [2.45, 2.75) is 52.0 Å². The lowest BCUT2D eigenvalue weighted by Gasteiger charge is -2.31. The zero-order valence-electron chi connectivity index (χ0n) is 26.4. The molecular formula is C33H43N7O6. The van der Waals surface area contributed by atoms with Crippen molar-refractivity contribution < 1.29 is 29.0 Å². The number of benzene rings is 1. The number of hydrogen-bond donors (Lipinski definition) is 3. The van der Waals surface area contributed by atoms with E-state index < -0.39 is 11.9 Å². The highest BCUT2D eigenvalue weighted by atomic mass is 16.5. The average molecular weight is 634 g/mol. The van der Waals surface area contributed by atoms with Crippen LogP contribution in [0, 0.1) is 11.8 Å². The number of aliphatic carboxylic acids is 1. The number of para-hydroxylation sites is 1. The summed E-state index contributed by atoms with van der Waals surface area (Å²) in [4.78, 5) is 13.9. The Morgan fingerprint density at radius 3 is 2.63 bits per heavy atom. The molecule has 4 N–H and O–H groups in total. The van der Waals surface area contributed by atoms with Crippen LogP contribution in [0.4, 0.5) is 5.82 Å². The van der Waals surface area contributed by atoms with Gasteiger partial charge in [-0.2, -0.15) is 5.10 Å². The van der Waals surface area contributed by atoms with E-state index in [2.05, 4.69) is 25.4 Å². The van der Waals surface area contributed by atoms with Crippen LogP contribution in [0.2, 0.25) is 0 Å². The van der Waals surface area contributed by atoms with E-state index in [0.29, 0.717) is 60.9 Å². The Labute approximate surface area is 268 Å². The van der Waals surface area contributed by atoms with E-state index in [9.17, 15) is 15.0 Å². The number of carboxylic acid groups (broad SMARTS) is 1. The summed E-state index contributed by atoms with van der Waals surface area (Å²) in [6, 6.07) is 10.4. The van der Waals surface area contributed by atoms with Gasteiger partial charge in [-0.15, -0.1) is 10.2 Å². The van der Waals surface area contributed by atoms with Crippen LogP contribution in [-0.2, 0) is 16.1 Å². The lowest BCUT2D eigenvalue weighted by atomic mass is 9.94. The number of carboxylic acids is 1. The van der Waals surface area contributed by atoms with E-state index in [0.717, 1.165) is 56.6 Å². The van der Waals surface area contributed by atoms with Crippen molar-refractivity contribution >= 4 is 11.8 Å². The quantitative estimate of drug-likeness (QED) is 0.145. The summed E-state index contributed by atoms with van der Waals surface area (Å²) in [7, 11) is 0. The summed E-state index contributed by atoms with van der Waals surface area (Å²) in [5.74, 6) is -0.176. The third-order valence-electron chi connectivity index (χ3n) is 8.29. The van der Waals surface area contributed by atoms with Crippen LogP contribution in [-0.4, -0.2) is 85.7 Å². The standard InChI is InChI=1S/C33H43N7O6/c1-22(2)31(33(42)43)29-18-30(38-46-29)45-16-6-15-44-14-5-11-39-12-9-23(10-13-39)20-40-21-24(19-35-40)26-17-27(36-37-32(26)34)25-7-3-4-8-28(25)41/h3-4,7-8,17-19,21-23,31,41H,5-6,9-16,20H2,1-2H3,(H2,34,37)(H,42,43). The van der Waals surface area contributed by atoms with Gasteiger partial charge in [0.1, 0.15) is 11.7 Å². The Balaban J connectivity index is 0.963. The van der Waals surface area contributed by atoms with E-state index in [1.54, 1.807) is 30.5 Å². The van der Waals surface area contributed by atoms with Gasteiger partial charge in [-0.3, -0.25) is 9.48 Å². The molecule has 0 aliphatic carbocycles. The first-order valence-corrected chi connectivity index (χ1v) is 15.8. The Bertz CT molecular complexity index is 1560. The Kier molecular flexibility index (Phi) is 11.2. The highest BCUT2D eigenvalue weighted by Crippen LogP contribution is 2.32. The SMILES string of the molecule is CC(C)C(C(=O)O)c1cc(OCCCOCCCN2CCC(Cn3cc(-c4cc(-c5ccccc5O)nnc4N)cn3)CC2)no1. The first-order chi connectivity index (χ1) is 22.3. The number of aromatic hydroxyl groups is 1. The Hall–Kier alpha value is -4.49. The summed E-state index contributed by atoms with van der Waals surface area (Å²) in [5.41, 5.74) is 8.93. The van der Waals surface area contributed by atoms with Crippen molar-refractivity contribution in [2.75, 3.05) is 45.2 Å². The maximum absolute atomic E-state index is 11.5. The molecule has 1 aliphatic heterocycles. The van der Waals surface area contributed by atoms with Crippen molar-refractivity contribution in [3.8, 4) is 34.0 Å². The predicted octanol–water partition coefficient (Wildman–Crippen LogP) is 4.69. The minimum Gasteiger partial charge on any atom is -0.507 e. The van der Waals surface area contributed by atoms with Gasteiger partial charge in [0, 0.05) is 61.7 Å². The van der Waals surface area contributed by atoms with E-state index in [1.165, 1.54) is 0 Å². The number of aromatic nitrogens is 5. The summed E-state index contributed by atoms with van der Waals surface area (Å²) >= 11 is 0. The van der Waals surface area contributed by atoms with E-state index in [4.69, 9.17) is 19.7 Å². The zero-order valence-corrected chi connectivity index (χ0v) is 26.4. The van der Waals surface area contributed by atoms with Gasteiger partial charge in [0.2, 0.25) is 0 Å². The molecule has 13 nitrogen and oxygen atoms in total. The molecule has 0 radical (unpaired) electrons. The van der Waals surface area contributed by atoms with Gasteiger partial charge in [-0.05, 0) is 67.5 Å². The van der Waals surface area contributed by atoms with Gasteiger partial charge in [0.25, 0.3) is 5.88 Å².